The van der Waals surface area contributed by atoms with Crippen LogP contribution in [0.2, 0.25) is 0 Å². The van der Waals surface area contributed by atoms with Gasteiger partial charge in [0, 0.05) is 30.5 Å². The van der Waals surface area contributed by atoms with E-state index in [1.165, 1.54) is 11.1 Å². The molecule has 3 aromatic rings. The van der Waals surface area contributed by atoms with Gasteiger partial charge in [0.1, 0.15) is 6.61 Å². The Bertz CT molecular complexity index is 864. The second kappa shape index (κ2) is 9.90. The van der Waals surface area contributed by atoms with Crippen molar-refractivity contribution in [2.45, 2.75) is 39.5 Å². The summed E-state index contributed by atoms with van der Waals surface area (Å²) in [6, 6.07) is 19.0. The first-order valence-electron chi connectivity index (χ1n) is 9.70. The van der Waals surface area contributed by atoms with E-state index in [2.05, 4.69) is 54.5 Å². The van der Waals surface area contributed by atoms with Crippen LogP contribution in [0, 0.1) is 0 Å². The average molecular weight is 377 g/mol. The first-order valence-corrected chi connectivity index (χ1v) is 9.70. The van der Waals surface area contributed by atoms with Gasteiger partial charge in [-0.05, 0) is 48.2 Å². The zero-order valence-corrected chi connectivity index (χ0v) is 16.8. The third-order valence-electron chi connectivity index (χ3n) is 4.85. The third kappa shape index (κ3) is 5.33. The molecule has 0 aliphatic carbocycles. The molecule has 2 aromatic carbocycles. The van der Waals surface area contributed by atoms with Gasteiger partial charge in [0.25, 0.3) is 0 Å². The molecule has 1 atom stereocenters. The Morgan fingerprint density at radius 3 is 2.43 bits per heavy atom. The standard InChI is InChI=1S/C24H28N2O2/c1-4-19-7-10-22(11-8-19)18(2)26-16-20-9-12-23(27-3)24(14-20)28-17-21-6-5-13-25-15-21/h5-15,18,26H,4,16-17H2,1-3H3. The van der Waals surface area contributed by atoms with Crippen LogP contribution < -0.4 is 14.8 Å². The summed E-state index contributed by atoms with van der Waals surface area (Å²) in [5.41, 5.74) is 4.83. The van der Waals surface area contributed by atoms with Crippen LogP contribution in [0.3, 0.4) is 0 Å². The van der Waals surface area contributed by atoms with E-state index in [4.69, 9.17) is 9.47 Å². The molecule has 0 saturated carbocycles. The molecule has 1 heterocycles. The number of nitrogens with zero attached hydrogens (tertiary/aromatic N) is 1. The van der Waals surface area contributed by atoms with E-state index in [-0.39, 0.29) is 6.04 Å². The summed E-state index contributed by atoms with van der Waals surface area (Å²) in [5, 5.41) is 3.58. The fourth-order valence-corrected chi connectivity index (χ4v) is 3.02. The van der Waals surface area contributed by atoms with Crippen molar-refractivity contribution in [3.8, 4) is 11.5 Å². The zero-order valence-electron chi connectivity index (χ0n) is 16.8. The van der Waals surface area contributed by atoms with Gasteiger partial charge in [0.15, 0.2) is 11.5 Å². The highest BCUT2D eigenvalue weighted by molar-refractivity contribution is 5.43. The van der Waals surface area contributed by atoms with Crippen LogP contribution in [0.1, 0.15) is 42.1 Å². The van der Waals surface area contributed by atoms with Gasteiger partial charge in [-0.3, -0.25) is 4.98 Å². The van der Waals surface area contributed by atoms with Crippen LogP contribution in [0.5, 0.6) is 11.5 Å². The number of hydrogen-bond acceptors (Lipinski definition) is 4. The molecule has 3 rings (SSSR count). The van der Waals surface area contributed by atoms with Crippen LogP contribution in [0.4, 0.5) is 0 Å². The monoisotopic (exact) mass is 376 g/mol. The van der Waals surface area contributed by atoms with E-state index in [0.717, 1.165) is 35.6 Å². The Morgan fingerprint density at radius 1 is 0.964 bits per heavy atom. The van der Waals surface area contributed by atoms with Gasteiger partial charge >= 0.3 is 0 Å². The van der Waals surface area contributed by atoms with E-state index in [1.807, 2.05) is 30.5 Å². The van der Waals surface area contributed by atoms with Crippen molar-refractivity contribution in [3.05, 3.63) is 89.2 Å². The molecule has 1 aromatic heterocycles. The fourth-order valence-electron chi connectivity index (χ4n) is 3.02. The molecule has 28 heavy (non-hydrogen) atoms. The van der Waals surface area contributed by atoms with Crippen molar-refractivity contribution in [3.63, 3.8) is 0 Å². The summed E-state index contributed by atoms with van der Waals surface area (Å²) in [6.07, 6.45) is 4.63. The second-order valence-corrected chi connectivity index (χ2v) is 6.83. The summed E-state index contributed by atoms with van der Waals surface area (Å²) >= 11 is 0. The highest BCUT2D eigenvalue weighted by atomic mass is 16.5. The quantitative estimate of drug-likeness (QED) is 0.565. The summed E-state index contributed by atoms with van der Waals surface area (Å²) < 4.78 is 11.4. The Morgan fingerprint density at radius 2 is 1.75 bits per heavy atom. The number of aryl methyl sites for hydroxylation is 1. The van der Waals surface area contributed by atoms with Crippen molar-refractivity contribution >= 4 is 0 Å². The van der Waals surface area contributed by atoms with Gasteiger partial charge < -0.3 is 14.8 Å². The Labute approximate surface area is 167 Å². The van der Waals surface area contributed by atoms with Gasteiger partial charge in [0.05, 0.1) is 7.11 Å². The molecule has 146 valence electrons. The van der Waals surface area contributed by atoms with Crippen molar-refractivity contribution < 1.29 is 9.47 Å². The van der Waals surface area contributed by atoms with Gasteiger partial charge in [-0.25, -0.2) is 0 Å². The minimum absolute atomic E-state index is 0.271. The zero-order chi connectivity index (χ0) is 19.8. The molecule has 0 aliphatic heterocycles. The Kier molecular flexibility index (Phi) is 7.04. The van der Waals surface area contributed by atoms with E-state index < -0.39 is 0 Å². The third-order valence-corrected chi connectivity index (χ3v) is 4.85. The molecule has 0 amide bonds. The predicted octanol–water partition coefficient (Wildman–Crippen LogP) is 5.08. The smallest absolute Gasteiger partial charge is 0.161 e. The van der Waals surface area contributed by atoms with Crippen molar-refractivity contribution in [1.82, 2.24) is 10.3 Å². The second-order valence-electron chi connectivity index (χ2n) is 6.83. The van der Waals surface area contributed by atoms with Crippen molar-refractivity contribution in [2.75, 3.05) is 7.11 Å². The molecular weight excluding hydrogens is 348 g/mol. The van der Waals surface area contributed by atoms with E-state index in [9.17, 15) is 0 Å². The Balaban J connectivity index is 1.63. The van der Waals surface area contributed by atoms with E-state index in [1.54, 1.807) is 13.3 Å². The van der Waals surface area contributed by atoms with Crippen LogP contribution in [-0.4, -0.2) is 12.1 Å². The lowest BCUT2D eigenvalue weighted by Gasteiger charge is -2.16. The van der Waals surface area contributed by atoms with Crippen LogP contribution in [0.25, 0.3) is 0 Å². The molecule has 0 fully saturated rings. The van der Waals surface area contributed by atoms with Gasteiger partial charge in [0.2, 0.25) is 0 Å². The van der Waals surface area contributed by atoms with E-state index >= 15 is 0 Å². The average Bonchev–Trinajstić information content (AvgIpc) is 2.76. The molecule has 0 aliphatic rings. The SMILES string of the molecule is CCc1ccc(C(C)NCc2ccc(OC)c(OCc3cccnc3)c2)cc1. The molecule has 4 nitrogen and oxygen atoms in total. The summed E-state index contributed by atoms with van der Waals surface area (Å²) in [5.74, 6) is 1.47. The number of nitrogens with one attached hydrogen (secondary N) is 1. The van der Waals surface area contributed by atoms with Crippen LogP contribution in [-0.2, 0) is 19.6 Å². The van der Waals surface area contributed by atoms with Gasteiger partial charge in [-0.15, -0.1) is 0 Å². The number of ether oxygens (including phenoxy) is 2. The van der Waals surface area contributed by atoms with Gasteiger partial charge in [-0.2, -0.15) is 0 Å². The van der Waals surface area contributed by atoms with Crippen LogP contribution >= 0.6 is 0 Å². The number of hydrogen-bond donors (Lipinski definition) is 1. The minimum atomic E-state index is 0.271. The lowest BCUT2D eigenvalue weighted by molar-refractivity contribution is 0.283. The topological polar surface area (TPSA) is 43.4 Å². The molecule has 0 radical (unpaired) electrons. The van der Waals surface area contributed by atoms with E-state index in [0.29, 0.717) is 6.61 Å². The maximum Gasteiger partial charge on any atom is 0.161 e. The maximum absolute atomic E-state index is 5.98. The highest BCUT2D eigenvalue weighted by Gasteiger charge is 2.09. The summed E-state index contributed by atoms with van der Waals surface area (Å²) in [7, 11) is 1.66. The number of benzene rings is 2. The highest BCUT2D eigenvalue weighted by Crippen LogP contribution is 2.29. The van der Waals surface area contributed by atoms with Crippen molar-refractivity contribution in [2.24, 2.45) is 0 Å². The molecule has 0 spiro atoms. The summed E-state index contributed by atoms with van der Waals surface area (Å²) in [6.45, 7) is 5.57. The number of rotatable bonds is 9. The molecule has 0 saturated heterocycles. The minimum Gasteiger partial charge on any atom is -0.493 e. The van der Waals surface area contributed by atoms with Gasteiger partial charge in [-0.1, -0.05) is 43.3 Å². The molecule has 4 heteroatoms. The van der Waals surface area contributed by atoms with Crippen molar-refractivity contribution in [1.29, 1.82) is 0 Å². The lowest BCUT2D eigenvalue weighted by atomic mass is 10.0. The normalized spacial score (nSPS) is 11.8. The maximum atomic E-state index is 5.98. The number of pyridine rings is 1. The number of aromatic nitrogens is 1. The largest absolute Gasteiger partial charge is 0.493 e. The number of methoxy groups -OCH3 is 1. The molecule has 1 unspecified atom stereocenters. The molecular formula is C24H28N2O2. The lowest BCUT2D eigenvalue weighted by Crippen LogP contribution is -2.18. The first kappa shape index (κ1) is 19.9. The Hall–Kier alpha value is -2.85. The predicted molar refractivity (Wildman–Crippen MR) is 113 cm³/mol. The first-order chi connectivity index (χ1) is 13.7. The molecule has 0 bridgehead atoms. The molecule has 1 N–H and O–H groups in total. The summed E-state index contributed by atoms with van der Waals surface area (Å²) in [4.78, 5) is 4.12. The fraction of sp³-hybridized carbons (Fsp3) is 0.292. The van der Waals surface area contributed by atoms with Crippen LogP contribution in [0.15, 0.2) is 67.0 Å².